The molecule has 0 unspecified atom stereocenters. The summed E-state index contributed by atoms with van der Waals surface area (Å²) in [6.07, 6.45) is 1.65. The normalized spacial score (nSPS) is 6.38. The van der Waals surface area contributed by atoms with Gasteiger partial charge in [0.15, 0.2) is 0 Å². The molecule has 48 valence electrons. The highest BCUT2D eigenvalue weighted by atomic mass is 19.1. The van der Waals surface area contributed by atoms with Crippen molar-refractivity contribution < 1.29 is 9.18 Å². The zero-order valence-electron chi connectivity index (χ0n) is 4.86. The van der Waals surface area contributed by atoms with E-state index in [0.29, 0.717) is 6.54 Å². The highest BCUT2D eigenvalue weighted by Gasteiger charge is 1.69. The standard InChI is InChI=1S/C3H7N.C2H3FO/c1-2-3-4;1-2(3)4/h2H,1,3-4H2;1H3. The van der Waals surface area contributed by atoms with Crippen molar-refractivity contribution in [1.82, 2.24) is 0 Å². The van der Waals surface area contributed by atoms with E-state index in [-0.39, 0.29) is 0 Å². The van der Waals surface area contributed by atoms with Crippen molar-refractivity contribution in [3.8, 4) is 0 Å². The van der Waals surface area contributed by atoms with Crippen LogP contribution in [0.4, 0.5) is 4.39 Å². The molecule has 0 aromatic rings. The second kappa shape index (κ2) is 9.57. The first kappa shape index (κ1) is 10.3. The fourth-order valence-electron chi connectivity index (χ4n) is 0. The number of nitrogens with two attached hydrogens (primary N) is 1. The third kappa shape index (κ3) is 1090. The van der Waals surface area contributed by atoms with Crippen LogP contribution in [-0.2, 0) is 4.79 Å². The van der Waals surface area contributed by atoms with Gasteiger partial charge in [-0.25, -0.2) is 0 Å². The second-order valence-corrected chi connectivity index (χ2v) is 0.995. The molecule has 2 N–H and O–H groups in total. The Bertz CT molecular complexity index is 68.8. The van der Waals surface area contributed by atoms with Gasteiger partial charge >= 0.3 is 0 Å². The molecule has 0 aromatic carbocycles. The first-order chi connectivity index (χ1) is 3.65. The van der Waals surface area contributed by atoms with E-state index < -0.39 is 6.04 Å². The third-order valence-corrected chi connectivity index (χ3v) is 0.167. The van der Waals surface area contributed by atoms with Crippen LogP contribution in [0.25, 0.3) is 0 Å². The molecule has 0 saturated carbocycles. The molecule has 0 rings (SSSR count). The van der Waals surface area contributed by atoms with Crippen molar-refractivity contribution in [3.05, 3.63) is 12.7 Å². The average molecular weight is 119 g/mol. The monoisotopic (exact) mass is 119 g/mol. The molecule has 3 heteroatoms. The van der Waals surface area contributed by atoms with E-state index in [4.69, 9.17) is 10.5 Å². The van der Waals surface area contributed by atoms with Crippen molar-refractivity contribution in [1.29, 1.82) is 0 Å². The first-order valence-corrected chi connectivity index (χ1v) is 2.12. The van der Waals surface area contributed by atoms with Gasteiger partial charge in [-0.3, -0.25) is 4.79 Å². The molecule has 0 radical (unpaired) electrons. The van der Waals surface area contributed by atoms with Crippen LogP contribution >= 0.6 is 0 Å². The number of carbonyl (C=O) groups is 1. The quantitative estimate of drug-likeness (QED) is 0.406. The lowest BCUT2D eigenvalue weighted by Crippen LogP contribution is -1.90. The predicted octanol–water partition coefficient (Wildman–Crippen LogP) is 0.633. The number of hydrogen-bond donors (Lipinski definition) is 1. The average Bonchev–Trinajstić information content (AvgIpc) is 1.65. The molecular formula is C5H10FNO. The van der Waals surface area contributed by atoms with Gasteiger partial charge in [0.05, 0.1) is 0 Å². The lowest BCUT2D eigenvalue weighted by Gasteiger charge is -1.61. The summed E-state index contributed by atoms with van der Waals surface area (Å²) in [6, 6.07) is -1.33. The van der Waals surface area contributed by atoms with Crippen LogP contribution in [0.1, 0.15) is 6.92 Å². The first-order valence-electron chi connectivity index (χ1n) is 2.12. The van der Waals surface area contributed by atoms with E-state index in [9.17, 15) is 4.39 Å². The van der Waals surface area contributed by atoms with Gasteiger partial charge in [-0.15, -0.1) is 6.58 Å². The smallest absolute Gasteiger partial charge is 0.298 e. The Balaban J connectivity index is 0. The van der Waals surface area contributed by atoms with Crippen molar-refractivity contribution in [2.75, 3.05) is 6.54 Å². The van der Waals surface area contributed by atoms with E-state index in [1.165, 1.54) is 0 Å². The van der Waals surface area contributed by atoms with Gasteiger partial charge in [-0.2, -0.15) is 4.39 Å². The highest BCUT2D eigenvalue weighted by Crippen LogP contribution is 1.58. The zero-order valence-corrected chi connectivity index (χ0v) is 4.86. The van der Waals surface area contributed by atoms with Crippen LogP contribution in [0.3, 0.4) is 0 Å². The van der Waals surface area contributed by atoms with E-state index in [1.807, 2.05) is 0 Å². The molecule has 0 aliphatic carbocycles. The van der Waals surface area contributed by atoms with Crippen LogP contribution in [0.2, 0.25) is 0 Å². The lowest BCUT2D eigenvalue weighted by molar-refractivity contribution is -0.126. The van der Waals surface area contributed by atoms with Crippen LogP contribution in [0.15, 0.2) is 12.7 Å². The maximum Gasteiger partial charge on any atom is 0.298 e. The van der Waals surface area contributed by atoms with Crippen LogP contribution in [-0.4, -0.2) is 12.6 Å². The van der Waals surface area contributed by atoms with Gasteiger partial charge < -0.3 is 5.73 Å². The fraction of sp³-hybridized carbons (Fsp3) is 0.400. The molecule has 2 nitrogen and oxygen atoms in total. The van der Waals surface area contributed by atoms with Gasteiger partial charge in [-0.05, 0) is 0 Å². The summed E-state index contributed by atoms with van der Waals surface area (Å²) in [5, 5.41) is 0. The Morgan fingerprint density at radius 3 is 2.12 bits per heavy atom. The summed E-state index contributed by atoms with van der Waals surface area (Å²) >= 11 is 0. The molecule has 0 aliphatic rings. The van der Waals surface area contributed by atoms with E-state index in [0.717, 1.165) is 6.92 Å². The Labute approximate surface area is 48.2 Å². The summed E-state index contributed by atoms with van der Waals surface area (Å²) in [5.74, 6) is 0. The molecule has 0 amide bonds. The van der Waals surface area contributed by atoms with Crippen molar-refractivity contribution in [3.63, 3.8) is 0 Å². The minimum Gasteiger partial charge on any atom is -0.327 e. The SMILES string of the molecule is C=CCN.CC(=O)F. The van der Waals surface area contributed by atoms with E-state index >= 15 is 0 Å². The minimum atomic E-state index is -1.33. The molecule has 8 heavy (non-hydrogen) atoms. The Morgan fingerprint density at radius 1 is 2.00 bits per heavy atom. The van der Waals surface area contributed by atoms with Crippen LogP contribution < -0.4 is 5.73 Å². The summed E-state index contributed by atoms with van der Waals surface area (Å²) in [6.45, 7) is 4.80. The molecule has 0 spiro atoms. The highest BCUT2D eigenvalue weighted by molar-refractivity contribution is 5.64. The minimum absolute atomic E-state index is 0.583. The molecular weight excluding hydrogens is 109 g/mol. The Morgan fingerprint density at radius 2 is 2.12 bits per heavy atom. The third-order valence-electron chi connectivity index (χ3n) is 0.167. The molecule has 0 aromatic heterocycles. The molecule has 0 saturated heterocycles. The van der Waals surface area contributed by atoms with Crippen molar-refractivity contribution in [2.45, 2.75) is 6.92 Å². The van der Waals surface area contributed by atoms with E-state index in [2.05, 4.69) is 6.58 Å². The Kier molecular flexibility index (Phi) is 12.3. The van der Waals surface area contributed by atoms with Gasteiger partial charge in [0, 0.05) is 13.5 Å². The topological polar surface area (TPSA) is 43.1 Å². The summed E-state index contributed by atoms with van der Waals surface area (Å²) < 4.78 is 10.4. The number of hydrogen-bond acceptors (Lipinski definition) is 2. The molecule has 0 atom stereocenters. The van der Waals surface area contributed by atoms with Gasteiger partial charge in [0.25, 0.3) is 6.04 Å². The Hall–Kier alpha value is -0.700. The number of rotatable bonds is 1. The summed E-state index contributed by atoms with van der Waals surface area (Å²) in [5.41, 5.74) is 4.91. The number of halogens is 1. The second-order valence-electron chi connectivity index (χ2n) is 0.995. The van der Waals surface area contributed by atoms with Crippen LogP contribution in [0, 0.1) is 0 Å². The molecule has 0 fully saturated rings. The molecule has 0 heterocycles. The van der Waals surface area contributed by atoms with Crippen molar-refractivity contribution in [2.24, 2.45) is 5.73 Å². The zero-order chi connectivity index (χ0) is 6.99. The summed E-state index contributed by atoms with van der Waals surface area (Å²) in [7, 11) is 0. The van der Waals surface area contributed by atoms with Gasteiger partial charge in [0.2, 0.25) is 0 Å². The van der Waals surface area contributed by atoms with Crippen LogP contribution in [0.5, 0.6) is 0 Å². The predicted molar refractivity (Wildman–Crippen MR) is 31.0 cm³/mol. The maximum atomic E-state index is 10.4. The fourth-order valence-corrected chi connectivity index (χ4v) is 0. The molecule has 0 aliphatic heterocycles. The maximum absolute atomic E-state index is 10.4. The van der Waals surface area contributed by atoms with E-state index in [1.54, 1.807) is 6.08 Å². The largest absolute Gasteiger partial charge is 0.327 e. The lowest BCUT2D eigenvalue weighted by atomic mass is 10.7. The number of carbonyl (C=O) groups excluding carboxylic acids is 1. The van der Waals surface area contributed by atoms with Gasteiger partial charge in [-0.1, -0.05) is 6.08 Å². The van der Waals surface area contributed by atoms with Crippen molar-refractivity contribution >= 4 is 6.04 Å². The molecule has 0 bridgehead atoms. The van der Waals surface area contributed by atoms with Gasteiger partial charge in [0.1, 0.15) is 0 Å². The summed E-state index contributed by atoms with van der Waals surface area (Å²) in [4.78, 5) is 8.78.